The maximum Gasteiger partial charge on any atom is 0.163 e. The lowest BCUT2D eigenvalue weighted by atomic mass is 10.0. The van der Waals surface area contributed by atoms with Gasteiger partial charge in [0.1, 0.15) is 0 Å². The van der Waals surface area contributed by atoms with Crippen LogP contribution < -0.4 is 5.48 Å². The summed E-state index contributed by atoms with van der Waals surface area (Å²) in [6, 6.07) is 5.41. The minimum atomic E-state index is 0.170. The molecule has 0 saturated carbocycles. The summed E-state index contributed by atoms with van der Waals surface area (Å²) in [5.41, 5.74) is 4.72. The average Bonchev–Trinajstić information content (AvgIpc) is 2.42. The number of nitrogens with one attached hydrogen (secondary N) is 1. The molecule has 1 aromatic rings. The summed E-state index contributed by atoms with van der Waals surface area (Å²) in [5, 5.41) is 8.25. The van der Waals surface area contributed by atoms with E-state index in [9.17, 15) is 4.79 Å². The van der Waals surface area contributed by atoms with Crippen LogP contribution in [0.25, 0.3) is 0 Å². The first-order valence-electron chi connectivity index (χ1n) is 5.04. The Labute approximate surface area is 87.8 Å². The zero-order valence-corrected chi connectivity index (χ0v) is 8.32. The largest absolute Gasteiger partial charge is 0.294 e. The molecule has 15 heavy (non-hydrogen) atoms. The lowest BCUT2D eigenvalue weighted by Crippen LogP contribution is -2.03. The van der Waals surface area contributed by atoms with Gasteiger partial charge in [-0.2, -0.15) is 0 Å². The molecule has 0 bridgehead atoms. The zero-order chi connectivity index (χ0) is 10.7. The van der Waals surface area contributed by atoms with Gasteiger partial charge in [-0.1, -0.05) is 6.07 Å². The fourth-order valence-electron chi connectivity index (χ4n) is 1.91. The van der Waals surface area contributed by atoms with Crippen LogP contribution in [0, 0.1) is 0 Å². The Hall–Kier alpha value is -1.39. The van der Waals surface area contributed by atoms with Crippen molar-refractivity contribution in [2.24, 2.45) is 0 Å². The maximum atomic E-state index is 11.7. The van der Waals surface area contributed by atoms with Crippen molar-refractivity contribution in [3.8, 4) is 0 Å². The monoisotopic (exact) mass is 207 g/mol. The molecule has 0 heterocycles. The molecular formula is C11H13NO3. The lowest BCUT2D eigenvalue weighted by Gasteiger charge is -2.07. The molecule has 0 spiro atoms. The molecule has 2 rings (SSSR count). The third-order valence-electron chi connectivity index (χ3n) is 2.67. The Morgan fingerprint density at radius 2 is 2.07 bits per heavy atom. The van der Waals surface area contributed by atoms with Crippen molar-refractivity contribution in [2.75, 3.05) is 5.48 Å². The third kappa shape index (κ3) is 2.16. The molecule has 0 aromatic heterocycles. The van der Waals surface area contributed by atoms with Crippen molar-refractivity contribution in [1.29, 1.82) is 0 Å². The molecular weight excluding hydrogens is 194 g/mol. The number of Topliss-reactive ketones (excluding diaryl/α,β-unsaturated/α-hetero) is 1. The number of hydrogen-bond acceptors (Lipinski definition) is 4. The number of hydrogen-bond donors (Lipinski definition) is 2. The SMILES string of the molecule is O=C1CCCCc2ccc(NOO)cc21. The van der Waals surface area contributed by atoms with E-state index in [1.165, 1.54) is 0 Å². The fraction of sp³-hybridized carbons (Fsp3) is 0.364. The summed E-state index contributed by atoms with van der Waals surface area (Å²) >= 11 is 0. The summed E-state index contributed by atoms with van der Waals surface area (Å²) in [6.45, 7) is 0. The van der Waals surface area contributed by atoms with Crippen molar-refractivity contribution in [3.63, 3.8) is 0 Å². The van der Waals surface area contributed by atoms with Crippen molar-refractivity contribution >= 4 is 11.5 Å². The summed E-state index contributed by atoms with van der Waals surface area (Å²) in [5.74, 6) is 0.170. The van der Waals surface area contributed by atoms with Crippen LogP contribution in [0.15, 0.2) is 18.2 Å². The number of anilines is 1. The van der Waals surface area contributed by atoms with Gasteiger partial charge < -0.3 is 0 Å². The van der Waals surface area contributed by atoms with Gasteiger partial charge in [0.2, 0.25) is 0 Å². The molecule has 0 amide bonds. The van der Waals surface area contributed by atoms with Crippen molar-refractivity contribution < 1.29 is 15.0 Å². The second kappa shape index (κ2) is 4.42. The van der Waals surface area contributed by atoms with E-state index in [1.807, 2.05) is 6.07 Å². The molecule has 1 aliphatic carbocycles. The van der Waals surface area contributed by atoms with E-state index in [0.29, 0.717) is 12.1 Å². The molecule has 80 valence electrons. The molecule has 4 nitrogen and oxygen atoms in total. The number of fused-ring (bicyclic) bond motifs is 1. The van der Waals surface area contributed by atoms with Gasteiger partial charge in [0, 0.05) is 12.0 Å². The van der Waals surface area contributed by atoms with E-state index in [-0.39, 0.29) is 5.78 Å². The third-order valence-corrected chi connectivity index (χ3v) is 2.67. The van der Waals surface area contributed by atoms with Gasteiger partial charge in [0.25, 0.3) is 0 Å². The van der Waals surface area contributed by atoms with Crippen molar-refractivity contribution in [1.82, 2.24) is 0 Å². The Balaban J connectivity index is 2.35. The minimum absolute atomic E-state index is 0.170. The highest BCUT2D eigenvalue weighted by Crippen LogP contribution is 2.23. The van der Waals surface area contributed by atoms with Crippen LogP contribution in [0.5, 0.6) is 0 Å². The number of carbonyl (C=O) groups is 1. The predicted octanol–water partition coefficient (Wildman–Crippen LogP) is 2.41. The van der Waals surface area contributed by atoms with E-state index in [0.717, 1.165) is 30.4 Å². The number of rotatable bonds is 2. The Kier molecular flexibility index (Phi) is 2.99. The standard InChI is InChI=1S/C11H13NO3/c13-11-4-2-1-3-8-5-6-9(12-15-14)7-10(8)11/h5-7,12,14H,1-4H2. The van der Waals surface area contributed by atoms with Crippen LogP contribution in [0.3, 0.4) is 0 Å². The molecule has 1 aliphatic rings. The van der Waals surface area contributed by atoms with Crippen LogP contribution >= 0.6 is 0 Å². The molecule has 0 radical (unpaired) electrons. The smallest absolute Gasteiger partial charge is 0.163 e. The number of aryl methyl sites for hydroxylation is 1. The Morgan fingerprint density at radius 3 is 2.87 bits per heavy atom. The Bertz CT molecular complexity index is 376. The molecule has 0 atom stereocenters. The van der Waals surface area contributed by atoms with Gasteiger partial charge >= 0.3 is 0 Å². The van der Waals surface area contributed by atoms with Crippen molar-refractivity contribution in [2.45, 2.75) is 25.7 Å². The van der Waals surface area contributed by atoms with E-state index < -0.39 is 0 Å². The van der Waals surface area contributed by atoms with E-state index in [2.05, 4.69) is 10.5 Å². The maximum absolute atomic E-state index is 11.7. The average molecular weight is 207 g/mol. The lowest BCUT2D eigenvalue weighted by molar-refractivity contribution is -0.215. The molecule has 2 N–H and O–H groups in total. The summed E-state index contributed by atoms with van der Waals surface area (Å²) in [7, 11) is 0. The predicted molar refractivity (Wildman–Crippen MR) is 55.7 cm³/mol. The zero-order valence-electron chi connectivity index (χ0n) is 8.32. The molecule has 0 saturated heterocycles. The van der Waals surface area contributed by atoms with E-state index in [1.54, 1.807) is 12.1 Å². The summed E-state index contributed by atoms with van der Waals surface area (Å²) in [6.07, 6.45) is 3.56. The first kappa shape index (κ1) is 10.1. The van der Waals surface area contributed by atoms with Crippen LogP contribution in [-0.2, 0) is 11.4 Å². The van der Waals surface area contributed by atoms with Crippen molar-refractivity contribution in [3.05, 3.63) is 29.3 Å². The highest BCUT2D eigenvalue weighted by Gasteiger charge is 2.15. The van der Waals surface area contributed by atoms with Crippen LogP contribution in [0.2, 0.25) is 0 Å². The van der Waals surface area contributed by atoms with Crippen LogP contribution in [0.1, 0.15) is 35.2 Å². The number of benzene rings is 1. The van der Waals surface area contributed by atoms with Gasteiger partial charge in [-0.15, -0.1) is 4.99 Å². The van der Waals surface area contributed by atoms with Gasteiger partial charge in [-0.05, 0) is 37.0 Å². The second-order valence-corrected chi connectivity index (χ2v) is 3.70. The molecule has 1 aromatic carbocycles. The fourth-order valence-corrected chi connectivity index (χ4v) is 1.91. The number of carbonyl (C=O) groups excluding carboxylic acids is 1. The van der Waals surface area contributed by atoms with Crippen LogP contribution in [-0.4, -0.2) is 11.0 Å². The summed E-state index contributed by atoms with van der Waals surface area (Å²) < 4.78 is 0. The molecule has 0 unspecified atom stereocenters. The van der Waals surface area contributed by atoms with Gasteiger partial charge in [0.05, 0.1) is 5.69 Å². The van der Waals surface area contributed by atoms with E-state index >= 15 is 0 Å². The van der Waals surface area contributed by atoms with E-state index in [4.69, 9.17) is 5.26 Å². The number of ketones is 1. The topological polar surface area (TPSA) is 58.6 Å². The molecule has 0 fully saturated rings. The van der Waals surface area contributed by atoms with Gasteiger partial charge in [-0.25, -0.2) is 10.7 Å². The minimum Gasteiger partial charge on any atom is -0.294 e. The summed E-state index contributed by atoms with van der Waals surface area (Å²) in [4.78, 5) is 15.6. The quantitative estimate of drug-likeness (QED) is 0.444. The molecule has 4 heteroatoms. The highest BCUT2D eigenvalue weighted by molar-refractivity contribution is 5.98. The molecule has 0 aliphatic heterocycles. The van der Waals surface area contributed by atoms with Crippen LogP contribution in [0.4, 0.5) is 5.69 Å². The second-order valence-electron chi connectivity index (χ2n) is 3.70. The Morgan fingerprint density at radius 1 is 1.27 bits per heavy atom. The first-order chi connectivity index (χ1) is 7.31. The first-order valence-corrected chi connectivity index (χ1v) is 5.04. The normalized spacial score (nSPS) is 15.7. The van der Waals surface area contributed by atoms with Gasteiger partial charge in [-0.3, -0.25) is 4.79 Å². The van der Waals surface area contributed by atoms with Gasteiger partial charge in [0.15, 0.2) is 5.78 Å². The highest BCUT2D eigenvalue weighted by atomic mass is 17.2.